The van der Waals surface area contributed by atoms with E-state index in [2.05, 4.69) is 10.4 Å². The first-order valence-corrected chi connectivity index (χ1v) is 6.34. The minimum Gasteiger partial charge on any atom is -0.349 e. The molecule has 0 aliphatic rings. The molecule has 96 valence electrons. The van der Waals surface area contributed by atoms with Crippen molar-refractivity contribution in [2.45, 2.75) is 32.6 Å². The third kappa shape index (κ3) is 3.73. The van der Waals surface area contributed by atoms with Gasteiger partial charge in [0.15, 0.2) is 0 Å². The van der Waals surface area contributed by atoms with Gasteiger partial charge in [0.1, 0.15) is 5.69 Å². The van der Waals surface area contributed by atoms with Gasteiger partial charge in [-0.05, 0) is 18.4 Å². The molecule has 0 bridgehead atoms. The number of alkyl halides is 1. The SMILES string of the molecule is CCc1cc(C(=O)NCC(Cl)C(C)C)n(C)n1. The van der Waals surface area contributed by atoms with Gasteiger partial charge in [0.2, 0.25) is 0 Å². The Morgan fingerprint density at radius 1 is 1.59 bits per heavy atom. The summed E-state index contributed by atoms with van der Waals surface area (Å²) in [5.74, 6) is 0.223. The monoisotopic (exact) mass is 257 g/mol. The maximum Gasteiger partial charge on any atom is 0.269 e. The molecule has 1 atom stereocenters. The second-order valence-electron chi connectivity index (χ2n) is 4.47. The number of nitrogens with zero attached hydrogens (tertiary/aromatic N) is 2. The third-order valence-corrected chi connectivity index (χ3v) is 3.36. The van der Waals surface area contributed by atoms with Crippen LogP contribution in [0.2, 0.25) is 0 Å². The average Bonchev–Trinajstić information content (AvgIpc) is 2.66. The molecular formula is C12H20ClN3O. The van der Waals surface area contributed by atoms with E-state index >= 15 is 0 Å². The molecule has 0 aliphatic heterocycles. The van der Waals surface area contributed by atoms with Crippen LogP contribution in [0.4, 0.5) is 0 Å². The quantitative estimate of drug-likeness (QED) is 0.820. The van der Waals surface area contributed by atoms with Crippen molar-refractivity contribution in [2.24, 2.45) is 13.0 Å². The van der Waals surface area contributed by atoms with Crippen molar-refractivity contribution in [3.8, 4) is 0 Å². The molecule has 1 aromatic rings. The van der Waals surface area contributed by atoms with Crippen LogP contribution >= 0.6 is 11.6 Å². The van der Waals surface area contributed by atoms with E-state index in [1.165, 1.54) is 0 Å². The smallest absolute Gasteiger partial charge is 0.269 e. The van der Waals surface area contributed by atoms with Crippen LogP contribution in [-0.2, 0) is 13.5 Å². The zero-order chi connectivity index (χ0) is 13.0. The van der Waals surface area contributed by atoms with Crippen LogP contribution < -0.4 is 5.32 Å². The molecule has 4 nitrogen and oxygen atoms in total. The molecule has 0 aliphatic carbocycles. The number of rotatable bonds is 5. The van der Waals surface area contributed by atoms with Gasteiger partial charge in [-0.2, -0.15) is 5.10 Å². The Hall–Kier alpha value is -1.03. The van der Waals surface area contributed by atoms with E-state index in [9.17, 15) is 4.79 Å². The fourth-order valence-electron chi connectivity index (χ4n) is 1.43. The minimum atomic E-state index is -0.119. The van der Waals surface area contributed by atoms with E-state index in [0.29, 0.717) is 18.2 Å². The topological polar surface area (TPSA) is 46.9 Å². The molecule has 5 heteroatoms. The standard InChI is InChI=1S/C12H20ClN3O/c1-5-9-6-11(16(4)15-9)12(17)14-7-10(13)8(2)3/h6,8,10H,5,7H2,1-4H3,(H,14,17). The number of amides is 1. The molecule has 1 heterocycles. The van der Waals surface area contributed by atoms with Gasteiger partial charge in [-0.25, -0.2) is 0 Å². The first-order chi connectivity index (χ1) is 7.95. The summed E-state index contributed by atoms with van der Waals surface area (Å²) < 4.78 is 1.60. The molecule has 0 saturated heterocycles. The highest BCUT2D eigenvalue weighted by Gasteiger charge is 2.15. The average molecular weight is 258 g/mol. The lowest BCUT2D eigenvalue weighted by atomic mass is 10.1. The number of aryl methyl sites for hydroxylation is 2. The van der Waals surface area contributed by atoms with E-state index in [0.717, 1.165) is 12.1 Å². The van der Waals surface area contributed by atoms with Crippen LogP contribution in [0.15, 0.2) is 6.07 Å². The van der Waals surface area contributed by atoms with Crippen molar-refractivity contribution in [2.75, 3.05) is 6.54 Å². The molecule has 1 aromatic heterocycles. The molecule has 1 unspecified atom stereocenters. The second-order valence-corrected chi connectivity index (χ2v) is 5.03. The van der Waals surface area contributed by atoms with Crippen LogP contribution in [0, 0.1) is 5.92 Å². The summed E-state index contributed by atoms with van der Waals surface area (Å²) in [4.78, 5) is 11.9. The summed E-state index contributed by atoms with van der Waals surface area (Å²) in [6.07, 6.45) is 0.825. The predicted molar refractivity (Wildman–Crippen MR) is 69.4 cm³/mol. The number of hydrogen-bond donors (Lipinski definition) is 1. The summed E-state index contributed by atoms with van der Waals surface area (Å²) in [5.41, 5.74) is 1.50. The molecular weight excluding hydrogens is 238 g/mol. The van der Waals surface area contributed by atoms with E-state index in [1.807, 2.05) is 26.8 Å². The zero-order valence-corrected chi connectivity index (χ0v) is 11.6. The van der Waals surface area contributed by atoms with Crippen LogP contribution in [0.25, 0.3) is 0 Å². The number of carbonyl (C=O) groups excluding carboxylic acids is 1. The summed E-state index contributed by atoms with van der Waals surface area (Å²) in [6.45, 7) is 6.55. The first-order valence-electron chi connectivity index (χ1n) is 5.90. The minimum absolute atomic E-state index is 0.0437. The van der Waals surface area contributed by atoms with Crippen molar-refractivity contribution in [3.63, 3.8) is 0 Å². The zero-order valence-electron chi connectivity index (χ0n) is 10.8. The van der Waals surface area contributed by atoms with Gasteiger partial charge in [-0.15, -0.1) is 11.6 Å². The Balaban J connectivity index is 2.60. The summed E-state index contributed by atoms with van der Waals surface area (Å²) in [5, 5.41) is 7.02. The lowest BCUT2D eigenvalue weighted by Gasteiger charge is -2.13. The first kappa shape index (κ1) is 14.0. The Kier molecular flexibility index (Phi) is 5.00. The van der Waals surface area contributed by atoms with Crippen LogP contribution in [0.5, 0.6) is 0 Å². The van der Waals surface area contributed by atoms with E-state index in [-0.39, 0.29) is 11.3 Å². The van der Waals surface area contributed by atoms with Gasteiger partial charge in [0, 0.05) is 13.6 Å². The number of aromatic nitrogens is 2. The fraction of sp³-hybridized carbons (Fsp3) is 0.667. The van der Waals surface area contributed by atoms with Gasteiger partial charge in [0.05, 0.1) is 11.1 Å². The van der Waals surface area contributed by atoms with Gasteiger partial charge in [0.25, 0.3) is 5.91 Å². The van der Waals surface area contributed by atoms with E-state index < -0.39 is 0 Å². The highest BCUT2D eigenvalue weighted by molar-refractivity contribution is 6.21. The molecule has 0 fully saturated rings. The molecule has 17 heavy (non-hydrogen) atoms. The largest absolute Gasteiger partial charge is 0.349 e. The highest BCUT2D eigenvalue weighted by atomic mass is 35.5. The molecule has 0 saturated carbocycles. The van der Waals surface area contributed by atoms with E-state index in [1.54, 1.807) is 11.7 Å². The lowest BCUT2D eigenvalue weighted by Crippen LogP contribution is -2.33. The maximum atomic E-state index is 11.9. The predicted octanol–water partition coefficient (Wildman–Crippen LogP) is 1.98. The molecule has 0 spiro atoms. The molecule has 1 N–H and O–H groups in total. The Bertz CT molecular complexity index is 387. The number of halogens is 1. The van der Waals surface area contributed by atoms with Crippen molar-refractivity contribution in [1.29, 1.82) is 0 Å². The van der Waals surface area contributed by atoms with Crippen molar-refractivity contribution >= 4 is 17.5 Å². The van der Waals surface area contributed by atoms with Crippen LogP contribution in [0.1, 0.15) is 37.0 Å². The van der Waals surface area contributed by atoms with Crippen LogP contribution in [0.3, 0.4) is 0 Å². The number of nitrogens with one attached hydrogen (secondary N) is 1. The summed E-state index contributed by atoms with van der Waals surface area (Å²) in [6, 6.07) is 1.81. The van der Waals surface area contributed by atoms with Crippen molar-refractivity contribution in [3.05, 3.63) is 17.5 Å². The van der Waals surface area contributed by atoms with Gasteiger partial charge >= 0.3 is 0 Å². The third-order valence-electron chi connectivity index (χ3n) is 2.71. The van der Waals surface area contributed by atoms with E-state index in [4.69, 9.17) is 11.6 Å². The molecule has 0 radical (unpaired) electrons. The summed E-state index contributed by atoms with van der Waals surface area (Å²) in [7, 11) is 1.77. The molecule has 1 rings (SSSR count). The van der Waals surface area contributed by atoms with Gasteiger partial charge in [-0.3, -0.25) is 9.48 Å². The number of carbonyl (C=O) groups is 1. The van der Waals surface area contributed by atoms with Gasteiger partial charge in [-0.1, -0.05) is 20.8 Å². The van der Waals surface area contributed by atoms with Crippen molar-refractivity contribution < 1.29 is 4.79 Å². The van der Waals surface area contributed by atoms with Crippen molar-refractivity contribution in [1.82, 2.24) is 15.1 Å². The maximum absolute atomic E-state index is 11.9. The summed E-state index contributed by atoms with van der Waals surface area (Å²) >= 11 is 6.08. The molecule has 1 amide bonds. The second kappa shape index (κ2) is 6.05. The normalized spacial score (nSPS) is 12.8. The Morgan fingerprint density at radius 3 is 2.71 bits per heavy atom. The Labute approximate surface area is 107 Å². The number of hydrogen-bond acceptors (Lipinski definition) is 2. The lowest BCUT2D eigenvalue weighted by molar-refractivity contribution is 0.0943. The van der Waals surface area contributed by atoms with Gasteiger partial charge < -0.3 is 5.32 Å². The van der Waals surface area contributed by atoms with Crippen LogP contribution in [-0.4, -0.2) is 27.6 Å². The Morgan fingerprint density at radius 2 is 2.24 bits per heavy atom. The highest BCUT2D eigenvalue weighted by Crippen LogP contribution is 2.08. The molecule has 0 aromatic carbocycles. The fourth-order valence-corrected chi connectivity index (χ4v) is 1.51.